The maximum absolute atomic E-state index is 11.0. The van der Waals surface area contributed by atoms with Crippen molar-refractivity contribution in [1.29, 1.82) is 0 Å². The second-order valence-corrected chi connectivity index (χ2v) is 6.61. The van der Waals surface area contributed by atoms with Gasteiger partial charge < -0.3 is 10.4 Å². The van der Waals surface area contributed by atoms with Gasteiger partial charge in [0.25, 0.3) is 0 Å². The van der Waals surface area contributed by atoms with E-state index in [-0.39, 0.29) is 12.5 Å². The molecule has 1 aromatic rings. The Morgan fingerprint density at radius 1 is 1.24 bits per heavy atom. The Morgan fingerprint density at radius 3 is 2.62 bits per heavy atom. The summed E-state index contributed by atoms with van der Waals surface area (Å²) in [5, 5.41) is 12.5. The maximum atomic E-state index is 11.0. The first-order valence-corrected chi connectivity index (χ1v) is 8.10. The Balaban J connectivity index is 2.02. The number of hydrogen-bond donors (Lipinski definition) is 2. The molecule has 3 nitrogen and oxygen atoms in total. The number of hydrogen-bond acceptors (Lipinski definition) is 2. The van der Waals surface area contributed by atoms with Crippen LogP contribution in [0.15, 0.2) is 18.2 Å². The van der Waals surface area contributed by atoms with Crippen molar-refractivity contribution in [3.8, 4) is 0 Å². The first-order valence-electron chi connectivity index (χ1n) is 8.10. The van der Waals surface area contributed by atoms with E-state index >= 15 is 0 Å². The van der Waals surface area contributed by atoms with Crippen LogP contribution in [0.25, 0.3) is 0 Å². The molecule has 1 aliphatic rings. The van der Waals surface area contributed by atoms with Crippen molar-refractivity contribution < 1.29 is 9.90 Å². The van der Waals surface area contributed by atoms with E-state index in [0.29, 0.717) is 5.92 Å². The van der Waals surface area contributed by atoms with Crippen LogP contribution < -0.4 is 5.32 Å². The van der Waals surface area contributed by atoms with E-state index < -0.39 is 5.97 Å². The fourth-order valence-electron chi connectivity index (χ4n) is 3.03. The number of carboxylic acid groups (broad SMARTS) is 1. The largest absolute Gasteiger partial charge is 0.481 e. The predicted molar refractivity (Wildman–Crippen MR) is 85.7 cm³/mol. The fraction of sp³-hybridized carbons (Fsp3) is 0.611. The Labute approximate surface area is 127 Å². The van der Waals surface area contributed by atoms with Gasteiger partial charge in [-0.3, -0.25) is 4.79 Å². The molecule has 2 N–H and O–H groups in total. The lowest BCUT2D eigenvalue weighted by molar-refractivity contribution is -0.137. The summed E-state index contributed by atoms with van der Waals surface area (Å²) in [4.78, 5) is 11.0. The highest BCUT2D eigenvalue weighted by atomic mass is 16.4. The average molecular weight is 289 g/mol. The summed E-state index contributed by atoms with van der Waals surface area (Å²) in [5.74, 6) is -0.195. The first-order chi connectivity index (χ1) is 10.0. The van der Waals surface area contributed by atoms with Crippen molar-refractivity contribution >= 4 is 5.97 Å². The van der Waals surface area contributed by atoms with E-state index in [9.17, 15) is 4.79 Å². The van der Waals surface area contributed by atoms with Crippen LogP contribution in [0.4, 0.5) is 0 Å². The lowest BCUT2D eigenvalue weighted by Crippen LogP contribution is -2.35. The Morgan fingerprint density at radius 2 is 1.95 bits per heavy atom. The van der Waals surface area contributed by atoms with Crippen LogP contribution in [0.3, 0.4) is 0 Å². The Kier molecular flexibility index (Phi) is 5.80. The lowest BCUT2D eigenvalue weighted by atomic mass is 9.89. The molecule has 1 aliphatic carbocycles. The van der Waals surface area contributed by atoms with Gasteiger partial charge in [0.15, 0.2) is 0 Å². The molecule has 1 aromatic carbocycles. The van der Waals surface area contributed by atoms with Crippen LogP contribution in [0.5, 0.6) is 0 Å². The fourth-order valence-corrected chi connectivity index (χ4v) is 3.03. The van der Waals surface area contributed by atoms with Crippen molar-refractivity contribution in [2.45, 2.75) is 58.4 Å². The molecular formula is C18H27NO2. The molecule has 0 aromatic heterocycles. The Bertz CT molecular complexity index is 482. The van der Waals surface area contributed by atoms with E-state index in [2.05, 4.69) is 37.4 Å². The van der Waals surface area contributed by atoms with E-state index in [1.165, 1.54) is 42.4 Å². The molecule has 0 saturated carbocycles. The summed E-state index contributed by atoms with van der Waals surface area (Å²) < 4.78 is 0. The predicted octanol–water partition coefficient (Wildman–Crippen LogP) is 3.20. The number of rotatable bonds is 7. The topological polar surface area (TPSA) is 49.3 Å². The van der Waals surface area contributed by atoms with Crippen LogP contribution in [0.1, 0.15) is 49.8 Å². The molecule has 1 unspecified atom stereocenters. The number of aryl methyl sites for hydroxylation is 2. The highest BCUT2D eigenvalue weighted by Crippen LogP contribution is 2.23. The third kappa shape index (κ3) is 5.16. The number of carbonyl (C=O) groups is 1. The van der Waals surface area contributed by atoms with Gasteiger partial charge in [-0.15, -0.1) is 0 Å². The number of benzene rings is 1. The maximum Gasteiger partial charge on any atom is 0.304 e. The summed E-state index contributed by atoms with van der Waals surface area (Å²) in [5.41, 5.74) is 4.21. The van der Waals surface area contributed by atoms with Crippen molar-refractivity contribution in [3.63, 3.8) is 0 Å². The van der Waals surface area contributed by atoms with E-state index in [0.717, 1.165) is 13.0 Å². The summed E-state index contributed by atoms with van der Waals surface area (Å²) in [6.45, 7) is 5.15. The molecule has 1 atom stereocenters. The van der Waals surface area contributed by atoms with Gasteiger partial charge in [-0.1, -0.05) is 32.0 Å². The van der Waals surface area contributed by atoms with E-state index in [1.54, 1.807) is 0 Å². The number of nitrogens with one attached hydrogen (secondary N) is 1. The molecular weight excluding hydrogens is 262 g/mol. The normalized spacial score (nSPS) is 15.8. The quantitative estimate of drug-likeness (QED) is 0.810. The molecule has 2 rings (SSSR count). The SMILES string of the molecule is CC(C)CNC(CC(=O)O)Cc1ccc2c(c1)CCCC2. The van der Waals surface area contributed by atoms with Crippen molar-refractivity contribution in [2.75, 3.05) is 6.54 Å². The highest BCUT2D eigenvalue weighted by molar-refractivity contribution is 5.67. The second kappa shape index (κ2) is 7.60. The van der Waals surface area contributed by atoms with Gasteiger partial charge in [0.1, 0.15) is 0 Å². The molecule has 3 heteroatoms. The zero-order valence-corrected chi connectivity index (χ0v) is 13.2. The summed E-state index contributed by atoms with van der Waals surface area (Å²) in [7, 11) is 0. The third-order valence-electron chi connectivity index (χ3n) is 4.13. The number of carboxylic acids is 1. The zero-order valence-electron chi connectivity index (χ0n) is 13.2. The van der Waals surface area contributed by atoms with E-state index in [4.69, 9.17) is 5.11 Å². The molecule has 0 fully saturated rings. The molecule has 0 heterocycles. The second-order valence-electron chi connectivity index (χ2n) is 6.61. The van der Waals surface area contributed by atoms with Crippen molar-refractivity contribution in [3.05, 3.63) is 34.9 Å². The van der Waals surface area contributed by atoms with Crippen LogP contribution in [-0.4, -0.2) is 23.7 Å². The Hall–Kier alpha value is -1.35. The standard InChI is InChI=1S/C18H27NO2/c1-13(2)12-19-17(11-18(20)21)10-14-7-8-15-5-3-4-6-16(15)9-14/h7-9,13,17,19H,3-6,10-12H2,1-2H3,(H,20,21). The van der Waals surface area contributed by atoms with E-state index in [1.807, 2.05) is 0 Å². The van der Waals surface area contributed by atoms with Crippen molar-refractivity contribution in [2.24, 2.45) is 5.92 Å². The minimum atomic E-state index is -0.728. The minimum absolute atomic E-state index is 0.0199. The summed E-state index contributed by atoms with van der Waals surface area (Å²) in [6.07, 6.45) is 5.92. The molecule has 0 radical (unpaired) electrons. The zero-order chi connectivity index (χ0) is 15.2. The van der Waals surface area contributed by atoms with Gasteiger partial charge in [0, 0.05) is 6.04 Å². The lowest BCUT2D eigenvalue weighted by Gasteiger charge is -2.21. The summed E-state index contributed by atoms with van der Waals surface area (Å²) in [6, 6.07) is 6.73. The van der Waals surface area contributed by atoms with Crippen LogP contribution in [-0.2, 0) is 24.1 Å². The summed E-state index contributed by atoms with van der Waals surface area (Å²) >= 11 is 0. The minimum Gasteiger partial charge on any atom is -0.481 e. The monoisotopic (exact) mass is 289 g/mol. The van der Waals surface area contributed by atoms with Gasteiger partial charge in [0.05, 0.1) is 6.42 Å². The van der Waals surface area contributed by atoms with Crippen LogP contribution in [0.2, 0.25) is 0 Å². The van der Waals surface area contributed by atoms with Gasteiger partial charge in [-0.2, -0.15) is 0 Å². The van der Waals surface area contributed by atoms with Crippen LogP contribution >= 0.6 is 0 Å². The molecule has 116 valence electrons. The molecule has 0 saturated heterocycles. The molecule has 0 amide bonds. The number of aliphatic carboxylic acids is 1. The van der Waals surface area contributed by atoms with Gasteiger partial charge in [-0.25, -0.2) is 0 Å². The van der Waals surface area contributed by atoms with Gasteiger partial charge >= 0.3 is 5.97 Å². The highest BCUT2D eigenvalue weighted by Gasteiger charge is 2.16. The number of fused-ring (bicyclic) bond motifs is 1. The first kappa shape index (κ1) is 16.0. The van der Waals surface area contributed by atoms with Crippen molar-refractivity contribution in [1.82, 2.24) is 5.32 Å². The van der Waals surface area contributed by atoms with Gasteiger partial charge in [0.2, 0.25) is 0 Å². The smallest absolute Gasteiger partial charge is 0.304 e. The molecule has 0 aliphatic heterocycles. The molecule has 0 spiro atoms. The average Bonchev–Trinajstić information content (AvgIpc) is 2.44. The molecule has 0 bridgehead atoms. The van der Waals surface area contributed by atoms with Crippen LogP contribution in [0, 0.1) is 5.92 Å². The molecule has 21 heavy (non-hydrogen) atoms. The van der Waals surface area contributed by atoms with Gasteiger partial charge in [-0.05, 0) is 61.3 Å². The third-order valence-corrected chi connectivity index (χ3v) is 4.13.